The molecule has 4 aromatic rings. The first-order chi connectivity index (χ1) is 20.6. The highest BCUT2D eigenvalue weighted by atomic mass is 35.5. The Morgan fingerprint density at radius 2 is 0.953 bits per heavy atom. The first-order valence-corrected chi connectivity index (χ1v) is 15.3. The van der Waals surface area contributed by atoms with Crippen molar-refractivity contribution in [1.29, 1.82) is 0 Å². The number of carbonyl (C=O) groups is 2. The van der Waals surface area contributed by atoms with Gasteiger partial charge in [-0.1, -0.05) is 109 Å². The maximum absolute atomic E-state index is 13.2. The Bertz CT molecular complexity index is 1640. The predicted molar refractivity (Wildman–Crippen MR) is 180 cm³/mol. The summed E-state index contributed by atoms with van der Waals surface area (Å²) in [6, 6.07) is 25.3. The van der Waals surface area contributed by atoms with E-state index in [0.29, 0.717) is 22.6 Å². The average Bonchev–Trinajstić information content (AvgIpc) is 3.04. The summed E-state index contributed by atoms with van der Waals surface area (Å²) in [5, 5.41) is 0.354. The van der Waals surface area contributed by atoms with Crippen molar-refractivity contribution >= 4 is 68.0 Å². The fourth-order valence-corrected chi connectivity index (χ4v) is 5.67. The van der Waals surface area contributed by atoms with Crippen LogP contribution in [0, 0.1) is 13.8 Å². The second-order valence-electron chi connectivity index (χ2n) is 10.00. The molecule has 0 fully saturated rings. The van der Waals surface area contributed by atoms with Crippen molar-refractivity contribution in [2.24, 2.45) is 0 Å². The van der Waals surface area contributed by atoms with Gasteiger partial charge in [-0.15, -0.1) is 0 Å². The fourth-order valence-electron chi connectivity index (χ4n) is 4.70. The third kappa shape index (κ3) is 7.25. The molecule has 0 amide bonds. The predicted octanol–water partition coefficient (Wildman–Crippen LogP) is 11.3. The van der Waals surface area contributed by atoms with E-state index < -0.39 is 0 Å². The molecule has 0 spiro atoms. The Morgan fingerprint density at radius 3 is 1.30 bits per heavy atom. The van der Waals surface area contributed by atoms with Gasteiger partial charge in [-0.3, -0.25) is 9.59 Å². The average molecular weight is 652 g/mol. The normalized spacial score (nSPS) is 12.4. The summed E-state index contributed by atoms with van der Waals surface area (Å²) in [7, 11) is 0. The molecule has 0 heterocycles. The van der Waals surface area contributed by atoms with Crippen molar-refractivity contribution < 1.29 is 14.3 Å². The number of ketones is 2. The molecule has 0 aliphatic heterocycles. The van der Waals surface area contributed by atoms with E-state index in [9.17, 15) is 9.59 Å². The largest absolute Gasteiger partial charge is 0.457 e. The minimum atomic E-state index is -0.378. The molecule has 4 aromatic carbocycles. The van der Waals surface area contributed by atoms with Gasteiger partial charge in [0, 0.05) is 11.1 Å². The minimum Gasteiger partial charge on any atom is -0.457 e. The van der Waals surface area contributed by atoms with E-state index in [1.54, 1.807) is 36.4 Å². The van der Waals surface area contributed by atoms with E-state index in [1.807, 2.05) is 76.2 Å². The van der Waals surface area contributed by atoms with Gasteiger partial charge in [-0.25, -0.2) is 0 Å². The molecule has 0 N–H and O–H groups in total. The van der Waals surface area contributed by atoms with Gasteiger partial charge in [0.25, 0.3) is 0 Å². The molecule has 0 aromatic heterocycles. The number of halogens is 4. The number of Topliss-reactive ketones (excluding diaryl/α,β-unsaturated/α-hetero) is 2. The van der Waals surface area contributed by atoms with Crippen molar-refractivity contribution in [1.82, 2.24) is 0 Å². The third-order valence-corrected chi connectivity index (χ3v) is 8.85. The van der Waals surface area contributed by atoms with Gasteiger partial charge >= 0.3 is 0 Å². The van der Waals surface area contributed by atoms with Gasteiger partial charge in [-0.05, 0) is 96.5 Å². The van der Waals surface area contributed by atoms with Crippen molar-refractivity contribution in [3.05, 3.63) is 140 Å². The summed E-state index contributed by atoms with van der Waals surface area (Å²) in [6.07, 6.45) is 1.52. The smallest absolute Gasteiger partial charge is 0.205 e. The molecule has 43 heavy (non-hydrogen) atoms. The topological polar surface area (TPSA) is 43.4 Å². The SMILES string of the molecule is CCc1ccccc1/C(Cl)=C(\Cl)C(=O)c1ccc(Oc2ccc(C(=O)/C(Cl)=C(\Cl)c3ccccc3CC)cc2C)c(C)c1. The molecular formula is C36H30Cl4O3. The van der Waals surface area contributed by atoms with Crippen molar-refractivity contribution in [3.8, 4) is 11.5 Å². The maximum atomic E-state index is 13.2. The van der Waals surface area contributed by atoms with E-state index >= 15 is 0 Å². The van der Waals surface area contributed by atoms with Gasteiger partial charge in [-0.2, -0.15) is 0 Å². The van der Waals surface area contributed by atoms with Crippen LogP contribution in [0.4, 0.5) is 0 Å². The quantitative estimate of drug-likeness (QED) is 0.127. The van der Waals surface area contributed by atoms with Crippen LogP contribution in [0.25, 0.3) is 10.1 Å². The van der Waals surface area contributed by atoms with Gasteiger partial charge in [0.05, 0.1) is 10.1 Å². The van der Waals surface area contributed by atoms with Crippen LogP contribution in [0.1, 0.15) is 67.9 Å². The maximum Gasteiger partial charge on any atom is 0.205 e. The molecule has 220 valence electrons. The number of hydrogen-bond acceptors (Lipinski definition) is 3. The zero-order chi connectivity index (χ0) is 31.3. The molecule has 0 bridgehead atoms. The van der Waals surface area contributed by atoms with Crippen molar-refractivity contribution in [2.45, 2.75) is 40.5 Å². The first-order valence-electron chi connectivity index (χ1n) is 13.8. The van der Waals surface area contributed by atoms with Crippen LogP contribution in [0.5, 0.6) is 11.5 Å². The highest BCUT2D eigenvalue weighted by molar-refractivity contribution is 6.61. The lowest BCUT2D eigenvalue weighted by atomic mass is 10.0. The molecule has 0 radical (unpaired) electrons. The molecular weight excluding hydrogens is 622 g/mol. The summed E-state index contributed by atoms with van der Waals surface area (Å²) in [4.78, 5) is 26.4. The van der Waals surface area contributed by atoms with Crippen LogP contribution in [0.3, 0.4) is 0 Å². The number of aryl methyl sites for hydroxylation is 4. The molecule has 0 saturated carbocycles. The van der Waals surface area contributed by atoms with Crippen LogP contribution < -0.4 is 4.74 Å². The van der Waals surface area contributed by atoms with Crippen molar-refractivity contribution in [3.63, 3.8) is 0 Å². The Hall–Kier alpha value is -3.34. The number of ether oxygens (including phenoxy) is 1. The monoisotopic (exact) mass is 650 g/mol. The Labute approximate surface area is 272 Å². The fraction of sp³-hybridized carbons (Fsp3) is 0.167. The van der Waals surface area contributed by atoms with Gasteiger partial charge in [0.2, 0.25) is 11.6 Å². The van der Waals surface area contributed by atoms with Crippen LogP contribution >= 0.6 is 46.4 Å². The zero-order valence-electron chi connectivity index (χ0n) is 24.2. The molecule has 0 unspecified atom stereocenters. The summed E-state index contributed by atoms with van der Waals surface area (Å²) >= 11 is 26.1. The van der Waals surface area contributed by atoms with E-state index in [2.05, 4.69) is 0 Å². The van der Waals surface area contributed by atoms with Gasteiger partial charge in [0.1, 0.15) is 21.6 Å². The van der Waals surface area contributed by atoms with E-state index in [1.165, 1.54) is 0 Å². The van der Waals surface area contributed by atoms with Crippen LogP contribution in [-0.2, 0) is 12.8 Å². The number of rotatable bonds is 10. The van der Waals surface area contributed by atoms with E-state index in [-0.39, 0.29) is 31.7 Å². The lowest BCUT2D eigenvalue weighted by molar-refractivity contribution is 0.103. The lowest BCUT2D eigenvalue weighted by Gasteiger charge is -2.14. The first kappa shape index (κ1) is 32.6. The van der Waals surface area contributed by atoms with Crippen LogP contribution in [0.15, 0.2) is 95.0 Å². The van der Waals surface area contributed by atoms with Crippen LogP contribution in [-0.4, -0.2) is 11.6 Å². The third-order valence-electron chi connectivity index (χ3n) is 7.15. The summed E-state index contributed by atoms with van der Waals surface area (Å²) < 4.78 is 6.16. The molecule has 0 aliphatic carbocycles. The second kappa shape index (κ2) is 14.4. The highest BCUT2D eigenvalue weighted by Crippen LogP contribution is 2.35. The summed E-state index contributed by atoms with van der Waals surface area (Å²) in [5.41, 5.74) is 5.73. The number of benzene rings is 4. The summed E-state index contributed by atoms with van der Waals surface area (Å²) in [6.45, 7) is 7.71. The molecule has 0 atom stereocenters. The van der Waals surface area contributed by atoms with E-state index in [0.717, 1.165) is 46.2 Å². The van der Waals surface area contributed by atoms with Crippen molar-refractivity contribution in [2.75, 3.05) is 0 Å². The number of carbonyl (C=O) groups excluding carboxylic acids is 2. The number of hydrogen-bond donors (Lipinski definition) is 0. The molecule has 4 rings (SSSR count). The molecule has 7 heteroatoms. The Kier molecular flexibility index (Phi) is 10.9. The van der Waals surface area contributed by atoms with Gasteiger partial charge < -0.3 is 4.74 Å². The van der Waals surface area contributed by atoms with E-state index in [4.69, 9.17) is 51.1 Å². The molecule has 0 aliphatic rings. The highest BCUT2D eigenvalue weighted by Gasteiger charge is 2.20. The lowest BCUT2D eigenvalue weighted by Crippen LogP contribution is -2.03. The number of allylic oxidation sites excluding steroid dienone is 2. The zero-order valence-corrected chi connectivity index (χ0v) is 27.3. The van der Waals surface area contributed by atoms with Crippen LogP contribution in [0.2, 0.25) is 0 Å². The molecule has 0 saturated heterocycles. The summed E-state index contributed by atoms with van der Waals surface area (Å²) in [5.74, 6) is 0.352. The minimum absolute atomic E-state index is 0.0438. The second-order valence-corrected chi connectivity index (χ2v) is 11.5. The Balaban J connectivity index is 1.54. The van der Waals surface area contributed by atoms with Gasteiger partial charge in [0.15, 0.2) is 0 Å². The Morgan fingerprint density at radius 1 is 0.581 bits per heavy atom. The molecule has 3 nitrogen and oxygen atoms in total. The standard InChI is InChI=1S/C36H30Cl4O3/c1-5-23-11-7-9-13-27(23)31(37)33(39)35(41)25-15-17-29(21(3)19-25)43-30-18-16-26(20-22(30)4)36(42)34(40)32(38)28-14-10-8-12-24(28)6-2/h7-20H,5-6H2,1-4H3/b33-31+,34-32+.